The fourth-order valence-corrected chi connectivity index (χ4v) is 4.79. The highest BCUT2D eigenvalue weighted by atomic mass is 32.2. The van der Waals surface area contributed by atoms with Crippen molar-refractivity contribution < 1.29 is 22.7 Å². The number of carbonyl (C=O) groups excluding carboxylic acids is 1. The monoisotopic (exact) mass is 462 g/mol. The lowest BCUT2D eigenvalue weighted by Crippen LogP contribution is -2.19. The number of sulfone groups is 1. The number of hydrogen-bond donors (Lipinski definition) is 0. The minimum Gasteiger partial charge on any atom is -0.494 e. The van der Waals surface area contributed by atoms with Crippen molar-refractivity contribution in [1.29, 1.82) is 0 Å². The van der Waals surface area contributed by atoms with Gasteiger partial charge in [-0.25, -0.2) is 8.42 Å². The highest BCUT2D eigenvalue weighted by molar-refractivity contribution is 7.90. The number of amides is 1. The third-order valence-corrected chi connectivity index (χ3v) is 6.80. The van der Waals surface area contributed by atoms with Crippen LogP contribution in [0.25, 0.3) is 10.2 Å². The van der Waals surface area contributed by atoms with Crippen LogP contribution in [0.2, 0.25) is 0 Å². The average Bonchev–Trinajstić information content (AvgIpc) is 3.08. The average molecular weight is 463 g/mol. The van der Waals surface area contributed by atoms with E-state index in [9.17, 15) is 13.2 Å². The maximum Gasteiger partial charge on any atom is 0.279 e. The molecule has 9 heteroatoms. The smallest absolute Gasteiger partial charge is 0.279 e. The number of unbranched alkanes of at least 4 members (excludes halogenated alkanes) is 1. The summed E-state index contributed by atoms with van der Waals surface area (Å²) in [5.74, 6) is 0.248. The largest absolute Gasteiger partial charge is 0.494 e. The van der Waals surface area contributed by atoms with Gasteiger partial charge in [0.2, 0.25) is 0 Å². The zero-order chi connectivity index (χ0) is 22.4. The van der Waals surface area contributed by atoms with Gasteiger partial charge in [-0.1, -0.05) is 30.7 Å². The van der Waals surface area contributed by atoms with Crippen molar-refractivity contribution in [3.05, 3.63) is 52.8 Å². The molecule has 0 aliphatic rings. The van der Waals surface area contributed by atoms with Gasteiger partial charge in [-0.3, -0.25) is 4.79 Å². The van der Waals surface area contributed by atoms with Crippen molar-refractivity contribution in [2.45, 2.75) is 31.2 Å². The Hall–Kier alpha value is -2.49. The lowest BCUT2D eigenvalue weighted by molar-refractivity contribution is 0.0997. The molecule has 0 aliphatic heterocycles. The van der Waals surface area contributed by atoms with E-state index in [0.717, 1.165) is 23.1 Å². The van der Waals surface area contributed by atoms with E-state index in [1.807, 2.05) is 10.6 Å². The molecule has 0 bridgehead atoms. The molecule has 3 aromatic rings. The van der Waals surface area contributed by atoms with E-state index in [4.69, 9.17) is 9.47 Å². The topological polar surface area (TPSA) is 87.0 Å². The number of fused-ring (bicyclic) bond motifs is 1. The summed E-state index contributed by atoms with van der Waals surface area (Å²) in [6.45, 7) is 3.61. The molecule has 0 N–H and O–H groups in total. The zero-order valence-corrected chi connectivity index (χ0v) is 19.5. The molecule has 31 heavy (non-hydrogen) atoms. The summed E-state index contributed by atoms with van der Waals surface area (Å²) in [6.07, 6.45) is 3.15. The molecule has 1 heterocycles. The number of ether oxygens (including phenoxy) is 2. The van der Waals surface area contributed by atoms with Crippen LogP contribution in [0.1, 0.15) is 30.1 Å². The summed E-state index contributed by atoms with van der Waals surface area (Å²) in [7, 11) is -1.73. The van der Waals surface area contributed by atoms with Crippen LogP contribution in [0, 0.1) is 0 Å². The van der Waals surface area contributed by atoms with Gasteiger partial charge in [0, 0.05) is 25.5 Å². The van der Waals surface area contributed by atoms with Crippen LogP contribution in [0.5, 0.6) is 5.75 Å². The number of nitrogens with zero attached hydrogens (tertiary/aromatic N) is 2. The van der Waals surface area contributed by atoms with E-state index >= 15 is 0 Å². The van der Waals surface area contributed by atoms with E-state index in [-0.39, 0.29) is 10.8 Å². The molecule has 0 aliphatic carbocycles. The molecule has 2 aromatic carbocycles. The number of methoxy groups -OCH3 is 1. The quantitative estimate of drug-likeness (QED) is 0.453. The predicted molar refractivity (Wildman–Crippen MR) is 122 cm³/mol. The number of benzene rings is 2. The zero-order valence-electron chi connectivity index (χ0n) is 17.8. The van der Waals surface area contributed by atoms with Crippen LogP contribution >= 0.6 is 11.3 Å². The first-order valence-corrected chi connectivity index (χ1v) is 12.7. The number of rotatable bonds is 9. The Labute approximate surface area is 185 Å². The van der Waals surface area contributed by atoms with Gasteiger partial charge in [0.1, 0.15) is 5.75 Å². The molecular formula is C22H26N2O5S2. The molecule has 0 spiro atoms. The van der Waals surface area contributed by atoms with E-state index in [1.54, 1.807) is 43.5 Å². The molecule has 0 saturated heterocycles. The summed E-state index contributed by atoms with van der Waals surface area (Å²) < 4.78 is 37.3. The van der Waals surface area contributed by atoms with Gasteiger partial charge >= 0.3 is 0 Å². The summed E-state index contributed by atoms with van der Waals surface area (Å²) >= 11 is 1.27. The van der Waals surface area contributed by atoms with Crippen molar-refractivity contribution >= 4 is 37.3 Å². The first kappa shape index (κ1) is 23.2. The second-order valence-electron chi connectivity index (χ2n) is 7.08. The van der Waals surface area contributed by atoms with Crippen LogP contribution in [0.15, 0.2) is 52.4 Å². The Bertz CT molecular complexity index is 1240. The summed E-state index contributed by atoms with van der Waals surface area (Å²) in [6, 6.07) is 11.9. The number of thiazole rings is 1. The Balaban J connectivity index is 2.01. The Kier molecular flexibility index (Phi) is 7.64. The molecule has 0 fully saturated rings. The van der Waals surface area contributed by atoms with E-state index in [2.05, 4.69) is 11.9 Å². The number of hydrogen-bond acceptors (Lipinski definition) is 6. The van der Waals surface area contributed by atoms with Crippen molar-refractivity contribution in [2.24, 2.45) is 4.99 Å². The van der Waals surface area contributed by atoms with Crippen molar-refractivity contribution in [2.75, 3.05) is 26.6 Å². The maximum atomic E-state index is 12.9. The second-order valence-corrected chi connectivity index (χ2v) is 10.1. The minimum absolute atomic E-state index is 0.231. The third kappa shape index (κ3) is 5.81. The Morgan fingerprint density at radius 2 is 1.97 bits per heavy atom. The van der Waals surface area contributed by atoms with Crippen molar-refractivity contribution in [3.8, 4) is 5.75 Å². The maximum absolute atomic E-state index is 12.9. The molecule has 166 valence electrons. The molecule has 7 nitrogen and oxygen atoms in total. The molecular weight excluding hydrogens is 436 g/mol. The molecule has 0 unspecified atom stereocenters. The van der Waals surface area contributed by atoms with Gasteiger partial charge < -0.3 is 14.0 Å². The normalized spacial score (nSPS) is 12.4. The van der Waals surface area contributed by atoms with Gasteiger partial charge in [0.25, 0.3) is 5.91 Å². The highest BCUT2D eigenvalue weighted by Gasteiger charge is 2.13. The number of aromatic nitrogens is 1. The fraction of sp³-hybridized carbons (Fsp3) is 0.364. The molecule has 0 saturated carbocycles. The van der Waals surface area contributed by atoms with Crippen LogP contribution in [-0.2, 0) is 21.1 Å². The van der Waals surface area contributed by atoms with Crippen LogP contribution in [0.3, 0.4) is 0 Å². The minimum atomic E-state index is -3.33. The Morgan fingerprint density at radius 1 is 1.16 bits per heavy atom. The van der Waals surface area contributed by atoms with Gasteiger partial charge in [-0.15, -0.1) is 0 Å². The van der Waals surface area contributed by atoms with Gasteiger partial charge in [-0.2, -0.15) is 4.99 Å². The Morgan fingerprint density at radius 3 is 2.68 bits per heavy atom. The first-order chi connectivity index (χ1) is 14.8. The van der Waals surface area contributed by atoms with Crippen LogP contribution in [-0.4, -0.2) is 45.5 Å². The summed E-state index contributed by atoms with van der Waals surface area (Å²) in [5, 5.41) is 0. The fourth-order valence-electron chi connectivity index (χ4n) is 2.97. The lowest BCUT2D eigenvalue weighted by atomic mass is 10.2. The lowest BCUT2D eigenvalue weighted by Gasteiger charge is -2.06. The molecule has 0 atom stereocenters. The van der Waals surface area contributed by atoms with Gasteiger partial charge in [0.05, 0.1) is 28.3 Å². The summed E-state index contributed by atoms with van der Waals surface area (Å²) in [5.41, 5.74) is 1.24. The molecule has 3 rings (SSSR count). The van der Waals surface area contributed by atoms with Gasteiger partial charge in [0.15, 0.2) is 14.6 Å². The standard InChI is InChI=1S/C22H26N2O5S2/c1-4-5-12-29-17-8-6-7-16(14-17)21(25)23-22-24(11-13-28-2)19-10-9-18(31(3,26)27)15-20(19)30-22/h6-10,14-15H,4-5,11-13H2,1-3H3. The molecule has 1 amide bonds. The first-order valence-electron chi connectivity index (χ1n) is 9.97. The third-order valence-electron chi connectivity index (χ3n) is 4.65. The summed E-state index contributed by atoms with van der Waals surface area (Å²) in [4.78, 5) is 17.9. The molecule has 1 aromatic heterocycles. The highest BCUT2D eigenvalue weighted by Crippen LogP contribution is 2.22. The number of carbonyl (C=O) groups is 1. The second kappa shape index (κ2) is 10.2. The van der Waals surface area contributed by atoms with Crippen LogP contribution in [0.4, 0.5) is 0 Å². The van der Waals surface area contributed by atoms with Gasteiger partial charge in [-0.05, 0) is 42.8 Å². The van der Waals surface area contributed by atoms with Crippen LogP contribution < -0.4 is 9.54 Å². The van der Waals surface area contributed by atoms with Crippen molar-refractivity contribution in [1.82, 2.24) is 4.57 Å². The van der Waals surface area contributed by atoms with E-state index in [0.29, 0.717) is 35.9 Å². The van der Waals surface area contributed by atoms with Crippen molar-refractivity contribution in [3.63, 3.8) is 0 Å². The SMILES string of the molecule is CCCCOc1cccc(C(=O)N=c2sc3cc(S(C)(=O)=O)ccc3n2CCOC)c1. The predicted octanol–water partition coefficient (Wildman–Crippen LogP) is 3.67. The van der Waals surface area contributed by atoms with E-state index in [1.165, 1.54) is 17.6 Å². The van der Waals surface area contributed by atoms with E-state index < -0.39 is 9.84 Å². The molecule has 0 radical (unpaired) electrons.